The van der Waals surface area contributed by atoms with E-state index in [2.05, 4.69) is 15.9 Å². The third-order valence-corrected chi connectivity index (χ3v) is 4.12. The van der Waals surface area contributed by atoms with Crippen LogP contribution < -0.4 is 5.32 Å². The first-order valence-electron chi connectivity index (χ1n) is 7.43. The van der Waals surface area contributed by atoms with E-state index in [0.717, 1.165) is 10.0 Å². The van der Waals surface area contributed by atoms with Crippen molar-refractivity contribution >= 4 is 21.7 Å². The van der Waals surface area contributed by atoms with Gasteiger partial charge in [-0.25, -0.2) is 0 Å². The molecule has 0 heterocycles. The molecule has 2 rings (SSSR count). The predicted molar refractivity (Wildman–Crippen MR) is 90.9 cm³/mol. The number of quaternary nitrogens is 1. The lowest BCUT2D eigenvalue weighted by Gasteiger charge is -2.23. The number of carbonyl (C=O) groups excluding carboxylic acids is 1. The molecule has 2 atom stereocenters. The molecule has 0 aliphatic heterocycles. The van der Waals surface area contributed by atoms with Crippen molar-refractivity contribution < 1.29 is 14.8 Å². The highest BCUT2D eigenvalue weighted by atomic mass is 79.9. The number of benzene rings is 2. The Hall–Kier alpha value is -1.49. The Kier molecular flexibility index (Phi) is 6.31. The van der Waals surface area contributed by atoms with Crippen molar-refractivity contribution in [3.8, 4) is 0 Å². The van der Waals surface area contributed by atoms with Crippen molar-refractivity contribution in [2.24, 2.45) is 0 Å². The van der Waals surface area contributed by atoms with E-state index >= 15 is 0 Å². The molecule has 22 heavy (non-hydrogen) atoms. The number of nitrogens with two attached hydrogens (primary N) is 1. The van der Waals surface area contributed by atoms with E-state index in [1.54, 1.807) is 0 Å². The molecule has 0 spiro atoms. The van der Waals surface area contributed by atoms with Crippen LogP contribution in [0.25, 0.3) is 0 Å². The van der Waals surface area contributed by atoms with Crippen molar-refractivity contribution in [1.29, 1.82) is 0 Å². The van der Waals surface area contributed by atoms with Gasteiger partial charge in [0, 0.05) is 16.6 Å². The summed E-state index contributed by atoms with van der Waals surface area (Å²) in [5, 5.41) is 1.93. The maximum absolute atomic E-state index is 12.8. The van der Waals surface area contributed by atoms with E-state index in [0.29, 0.717) is 12.2 Å². The van der Waals surface area contributed by atoms with Gasteiger partial charge in [-0.3, -0.25) is 4.79 Å². The SMILES string of the molecule is CCO[C@@H](c1ccc(Br)cc1)[C@H]([NH2+]C)C(=O)c1ccccc1. The first-order chi connectivity index (χ1) is 10.7. The molecule has 0 unspecified atom stereocenters. The fourth-order valence-electron chi connectivity index (χ4n) is 2.50. The average molecular weight is 363 g/mol. The molecule has 3 nitrogen and oxygen atoms in total. The molecule has 2 aromatic rings. The number of Topliss-reactive ketones (excluding diaryl/α,β-unsaturated/α-hetero) is 1. The minimum Gasteiger partial charge on any atom is -0.367 e. The van der Waals surface area contributed by atoms with Crippen LogP contribution in [0.1, 0.15) is 28.9 Å². The molecule has 0 aliphatic rings. The van der Waals surface area contributed by atoms with Crippen molar-refractivity contribution in [2.45, 2.75) is 19.1 Å². The van der Waals surface area contributed by atoms with Gasteiger partial charge >= 0.3 is 0 Å². The zero-order valence-corrected chi connectivity index (χ0v) is 14.4. The van der Waals surface area contributed by atoms with Crippen molar-refractivity contribution in [3.05, 3.63) is 70.2 Å². The summed E-state index contributed by atoms with van der Waals surface area (Å²) in [6.45, 7) is 2.51. The van der Waals surface area contributed by atoms with E-state index in [9.17, 15) is 4.79 Å². The number of likely N-dealkylation sites (N-methyl/N-ethyl adjacent to an activating group) is 1. The zero-order chi connectivity index (χ0) is 15.9. The van der Waals surface area contributed by atoms with Gasteiger partial charge in [-0.2, -0.15) is 0 Å². The standard InChI is InChI=1S/C18H20BrNO2/c1-3-22-18(14-9-11-15(19)12-10-14)16(20-2)17(21)13-7-5-4-6-8-13/h4-12,16,18,20H,3H2,1-2H3/p+1/t16-,18+/m1/s1. The molecule has 116 valence electrons. The lowest BCUT2D eigenvalue weighted by molar-refractivity contribution is -0.658. The maximum Gasteiger partial charge on any atom is 0.222 e. The van der Waals surface area contributed by atoms with E-state index < -0.39 is 0 Å². The highest BCUT2D eigenvalue weighted by Gasteiger charge is 2.33. The number of halogens is 1. The maximum atomic E-state index is 12.8. The molecule has 4 heteroatoms. The highest BCUT2D eigenvalue weighted by Crippen LogP contribution is 2.24. The molecule has 0 saturated heterocycles. The largest absolute Gasteiger partial charge is 0.367 e. The normalized spacial score (nSPS) is 13.6. The Morgan fingerprint density at radius 3 is 2.32 bits per heavy atom. The van der Waals surface area contributed by atoms with Gasteiger partial charge < -0.3 is 10.1 Å². The first kappa shape index (κ1) is 16.9. The number of hydrogen-bond acceptors (Lipinski definition) is 2. The second-order valence-corrected chi connectivity index (χ2v) is 5.93. The fourth-order valence-corrected chi connectivity index (χ4v) is 2.76. The molecule has 2 N–H and O–H groups in total. The molecule has 0 amide bonds. The second kappa shape index (κ2) is 8.22. The monoisotopic (exact) mass is 362 g/mol. The average Bonchev–Trinajstić information content (AvgIpc) is 2.56. The van der Waals surface area contributed by atoms with E-state index in [-0.39, 0.29) is 17.9 Å². The van der Waals surface area contributed by atoms with Gasteiger partial charge in [-0.05, 0) is 24.6 Å². The minimum absolute atomic E-state index is 0.0875. The molecule has 2 aromatic carbocycles. The Labute approximate surface area is 139 Å². The van der Waals surface area contributed by atoms with Crippen LogP contribution in [0.15, 0.2) is 59.1 Å². The molecule has 0 bridgehead atoms. The van der Waals surface area contributed by atoms with Crippen LogP contribution in [0, 0.1) is 0 Å². The fraction of sp³-hybridized carbons (Fsp3) is 0.278. The number of ether oxygens (including phenoxy) is 1. The van der Waals surface area contributed by atoms with Crippen LogP contribution in [0.2, 0.25) is 0 Å². The summed E-state index contributed by atoms with van der Waals surface area (Å²) in [5.74, 6) is 0.0875. The van der Waals surface area contributed by atoms with Gasteiger partial charge in [0.1, 0.15) is 6.10 Å². The van der Waals surface area contributed by atoms with E-state index in [4.69, 9.17) is 4.74 Å². The van der Waals surface area contributed by atoms with Crippen molar-refractivity contribution in [3.63, 3.8) is 0 Å². The molecular weight excluding hydrogens is 342 g/mol. The van der Waals surface area contributed by atoms with Gasteiger partial charge in [0.25, 0.3) is 0 Å². The van der Waals surface area contributed by atoms with Crippen LogP contribution in [0.3, 0.4) is 0 Å². The molecule has 0 saturated carbocycles. The summed E-state index contributed by atoms with van der Waals surface area (Å²) < 4.78 is 6.91. The third-order valence-electron chi connectivity index (χ3n) is 3.59. The molecule has 0 aliphatic carbocycles. The Morgan fingerprint density at radius 2 is 1.77 bits per heavy atom. The number of carbonyl (C=O) groups is 1. The minimum atomic E-state index is -0.302. The highest BCUT2D eigenvalue weighted by molar-refractivity contribution is 9.10. The van der Waals surface area contributed by atoms with Crippen molar-refractivity contribution in [2.75, 3.05) is 13.7 Å². The van der Waals surface area contributed by atoms with Crippen LogP contribution in [-0.2, 0) is 4.74 Å². The summed E-state index contributed by atoms with van der Waals surface area (Å²) in [4.78, 5) is 12.8. The summed E-state index contributed by atoms with van der Waals surface area (Å²) in [6.07, 6.45) is -0.268. The van der Waals surface area contributed by atoms with Crippen LogP contribution in [0.5, 0.6) is 0 Å². The number of rotatable bonds is 7. The lowest BCUT2D eigenvalue weighted by atomic mass is 9.95. The van der Waals surface area contributed by atoms with E-state index in [1.165, 1.54) is 0 Å². The zero-order valence-electron chi connectivity index (χ0n) is 12.8. The van der Waals surface area contributed by atoms with Crippen LogP contribution in [0.4, 0.5) is 0 Å². The predicted octanol–water partition coefficient (Wildman–Crippen LogP) is 2.97. The molecule has 0 radical (unpaired) electrons. The van der Waals surface area contributed by atoms with Crippen molar-refractivity contribution in [1.82, 2.24) is 0 Å². The van der Waals surface area contributed by atoms with Crippen LogP contribution >= 0.6 is 15.9 Å². The lowest BCUT2D eigenvalue weighted by Crippen LogP contribution is -2.89. The van der Waals surface area contributed by atoms with Gasteiger partial charge in [-0.1, -0.05) is 58.4 Å². The van der Waals surface area contributed by atoms with E-state index in [1.807, 2.05) is 73.9 Å². The molecular formula is C18H21BrNO2+. The Balaban J connectivity index is 2.31. The number of hydrogen-bond donors (Lipinski definition) is 1. The third kappa shape index (κ3) is 4.03. The Bertz CT molecular complexity index is 598. The van der Waals surface area contributed by atoms with Gasteiger partial charge in [0.2, 0.25) is 5.78 Å². The Morgan fingerprint density at radius 1 is 1.14 bits per heavy atom. The molecule has 0 aromatic heterocycles. The topological polar surface area (TPSA) is 42.9 Å². The summed E-state index contributed by atoms with van der Waals surface area (Å²) in [7, 11) is 1.91. The summed E-state index contributed by atoms with van der Waals surface area (Å²) >= 11 is 3.44. The van der Waals surface area contributed by atoms with Crippen LogP contribution in [-0.4, -0.2) is 25.5 Å². The quantitative estimate of drug-likeness (QED) is 0.769. The summed E-state index contributed by atoms with van der Waals surface area (Å²) in [5.41, 5.74) is 1.73. The molecule has 0 fully saturated rings. The van der Waals surface area contributed by atoms with Gasteiger partial charge in [-0.15, -0.1) is 0 Å². The smallest absolute Gasteiger partial charge is 0.222 e. The second-order valence-electron chi connectivity index (χ2n) is 5.02. The van der Waals surface area contributed by atoms with Gasteiger partial charge in [0.05, 0.1) is 7.05 Å². The van der Waals surface area contributed by atoms with Gasteiger partial charge in [0.15, 0.2) is 6.04 Å². The first-order valence-corrected chi connectivity index (χ1v) is 8.22. The summed E-state index contributed by atoms with van der Waals surface area (Å²) in [6, 6.07) is 17.0. The number of ketones is 1.